The number of nitriles is 1. The maximum Gasteiger partial charge on any atom is 0.573 e. The minimum Gasteiger partial charge on any atom is -0.465 e. The lowest BCUT2D eigenvalue weighted by atomic mass is 9.96. The van der Waals surface area contributed by atoms with Gasteiger partial charge in [0, 0.05) is 25.2 Å². The minimum atomic E-state index is -4.96. The van der Waals surface area contributed by atoms with Crippen molar-refractivity contribution in [3.8, 4) is 11.8 Å². The number of carbonyl (C=O) groups excluding carboxylic acids is 2. The van der Waals surface area contributed by atoms with Crippen LogP contribution in [0.25, 0.3) is 0 Å². The molecule has 0 bridgehead atoms. The normalized spacial score (nSPS) is 17.1. The van der Waals surface area contributed by atoms with Crippen LogP contribution in [-0.4, -0.2) is 53.4 Å². The summed E-state index contributed by atoms with van der Waals surface area (Å²) >= 11 is 0. The lowest BCUT2D eigenvalue weighted by molar-refractivity contribution is -0.274. The average molecular weight is 456 g/mol. The summed E-state index contributed by atoms with van der Waals surface area (Å²) in [6.07, 6.45) is -5.04. The SMILES string of the molecule is CCC(NC(=O)O)C(=O)N1CCCC(C(=O)NCc2ccc(C#N)cc2OC(F)(F)F)C1. The Morgan fingerprint density at radius 3 is 2.69 bits per heavy atom. The van der Waals surface area contributed by atoms with Gasteiger partial charge in [-0.05, 0) is 31.4 Å². The van der Waals surface area contributed by atoms with Crippen molar-refractivity contribution in [3.63, 3.8) is 0 Å². The number of nitrogens with zero attached hydrogens (tertiary/aromatic N) is 2. The van der Waals surface area contributed by atoms with Crippen LogP contribution in [0.1, 0.15) is 37.3 Å². The molecule has 32 heavy (non-hydrogen) atoms. The first-order valence-corrected chi connectivity index (χ1v) is 9.88. The van der Waals surface area contributed by atoms with E-state index in [0.29, 0.717) is 19.4 Å². The number of amides is 3. The van der Waals surface area contributed by atoms with Gasteiger partial charge in [0.15, 0.2) is 0 Å². The Hall–Kier alpha value is -3.49. The Morgan fingerprint density at radius 1 is 1.38 bits per heavy atom. The topological polar surface area (TPSA) is 132 Å². The molecule has 1 fully saturated rings. The highest BCUT2D eigenvalue weighted by molar-refractivity contribution is 5.86. The number of hydrogen-bond acceptors (Lipinski definition) is 5. The van der Waals surface area contributed by atoms with Gasteiger partial charge in [0.2, 0.25) is 11.8 Å². The molecule has 0 aromatic heterocycles. The maximum absolute atomic E-state index is 12.7. The summed E-state index contributed by atoms with van der Waals surface area (Å²) in [6, 6.07) is 4.32. The van der Waals surface area contributed by atoms with Crippen LogP contribution in [0.2, 0.25) is 0 Å². The molecule has 3 amide bonds. The van der Waals surface area contributed by atoms with Crippen molar-refractivity contribution in [3.05, 3.63) is 29.3 Å². The molecule has 1 aliphatic rings. The summed E-state index contributed by atoms with van der Waals surface area (Å²) in [7, 11) is 0. The quantitative estimate of drug-likeness (QED) is 0.577. The minimum absolute atomic E-state index is 0.0267. The first-order chi connectivity index (χ1) is 15.0. The zero-order valence-electron chi connectivity index (χ0n) is 17.2. The molecule has 1 heterocycles. The number of piperidine rings is 1. The summed E-state index contributed by atoms with van der Waals surface area (Å²) in [5.74, 6) is -2.06. The van der Waals surface area contributed by atoms with Crippen molar-refractivity contribution in [1.29, 1.82) is 5.26 Å². The van der Waals surface area contributed by atoms with Crippen molar-refractivity contribution in [2.45, 2.75) is 45.1 Å². The number of likely N-dealkylation sites (tertiary alicyclic amines) is 1. The lowest BCUT2D eigenvalue weighted by Crippen LogP contribution is -2.52. The highest BCUT2D eigenvalue weighted by atomic mass is 19.4. The lowest BCUT2D eigenvalue weighted by Gasteiger charge is -2.34. The monoisotopic (exact) mass is 456 g/mol. The molecule has 0 spiro atoms. The van der Waals surface area contributed by atoms with E-state index in [1.807, 2.05) is 0 Å². The molecular weight excluding hydrogens is 433 g/mol. The largest absolute Gasteiger partial charge is 0.573 e. The molecule has 1 aliphatic heterocycles. The molecule has 3 N–H and O–H groups in total. The third-order valence-corrected chi connectivity index (χ3v) is 4.98. The Morgan fingerprint density at radius 2 is 2.09 bits per heavy atom. The fraction of sp³-hybridized carbons (Fsp3) is 0.500. The van der Waals surface area contributed by atoms with E-state index >= 15 is 0 Å². The van der Waals surface area contributed by atoms with Crippen LogP contribution in [0, 0.1) is 17.2 Å². The number of alkyl halides is 3. The van der Waals surface area contributed by atoms with E-state index in [1.54, 1.807) is 13.0 Å². The van der Waals surface area contributed by atoms with Gasteiger partial charge in [-0.1, -0.05) is 13.0 Å². The Bertz CT molecular complexity index is 900. The smallest absolute Gasteiger partial charge is 0.465 e. The van der Waals surface area contributed by atoms with E-state index in [-0.39, 0.29) is 30.6 Å². The molecule has 1 aromatic carbocycles. The standard InChI is InChI=1S/C20H23F3N4O5/c1-2-15(26-19(30)31)18(29)27-7-3-4-14(11-27)17(28)25-10-13-6-5-12(9-24)8-16(13)32-20(21,22)23/h5-6,8,14-15,26H,2-4,7,10-11H2,1H3,(H,25,28)(H,30,31). The highest BCUT2D eigenvalue weighted by Gasteiger charge is 2.33. The molecule has 1 saturated heterocycles. The average Bonchev–Trinajstić information content (AvgIpc) is 2.74. The number of rotatable bonds is 7. The summed E-state index contributed by atoms with van der Waals surface area (Å²) in [5, 5.41) is 22.4. The molecule has 12 heteroatoms. The van der Waals surface area contributed by atoms with E-state index in [4.69, 9.17) is 10.4 Å². The summed E-state index contributed by atoms with van der Waals surface area (Å²) < 4.78 is 42.0. The van der Waals surface area contributed by atoms with Crippen LogP contribution < -0.4 is 15.4 Å². The number of hydrogen-bond donors (Lipinski definition) is 3. The van der Waals surface area contributed by atoms with Crippen LogP contribution in [0.15, 0.2) is 18.2 Å². The fourth-order valence-electron chi connectivity index (χ4n) is 3.42. The van der Waals surface area contributed by atoms with Gasteiger partial charge < -0.3 is 25.4 Å². The van der Waals surface area contributed by atoms with Crippen molar-refractivity contribution < 1.29 is 37.4 Å². The summed E-state index contributed by atoms with van der Waals surface area (Å²) in [5.41, 5.74) is 0.0105. The molecule has 2 atom stereocenters. The molecule has 0 saturated carbocycles. The van der Waals surface area contributed by atoms with Crippen molar-refractivity contribution >= 4 is 17.9 Å². The number of nitrogens with one attached hydrogen (secondary N) is 2. The predicted molar refractivity (Wildman–Crippen MR) is 104 cm³/mol. The van der Waals surface area contributed by atoms with Crippen LogP contribution in [0.4, 0.5) is 18.0 Å². The van der Waals surface area contributed by atoms with E-state index in [0.717, 1.165) is 6.07 Å². The van der Waals surface area contributed by atoms with Crippen LogP contribution >= 0.6 is 0 Å². The van der Waals surface area contributed by atoms with Gasteiger partial charge in [-0.15, -0.1) is 13.2 Å². The van der Waals surface area contributed by atoms with Crippen molar-refractivity contribution in [1.82, 2.24) is 15.5 Å². The number of benzene rings is 1. The van der Waals surface area contributed by atoms with E-state index in [2.05, 4.69) is 15.4 Å². The summed E-state index contributed by atoms with van der Waals surface area (Å²) in [4.78, 5) is 37.4. The molecule has 9 nitrogen and oxygen atoms in total. The van der Waals surface area contributed by atoms with E-state index < -0.39 is 42.0 Å². The Labute approximate surface area is 182 Å². The number of halogens is 3. The van der Waals surface area contributed by atoms with Crippen molar-refractivity contribution in [2.75, 3.05) is 13.1 Å². The van der Waals surface area contributed by atoms with Gasteiger partial charge in [0.05, 0.1) is 17.6 Å². The third kappa shape index (κ3) is 7.04. The number of carbonyl (C=O) groups is 3. The van der Waals surface area contributed by atoms with Gasteiger partial charge in [0.1, 0.15) is 11.8 Å². The zero-order chi connectivity index (χ0) is 23.9. The van der Waals surface area contributed by atoms with E-state index in [1.165, 1.54) is 17.0 Å². The Balaban J connectivity index is 2.03. The molecule has 0 radical (unpaired) electrons. The Kier molecular flexibility index (Phi) is 8.28. The zero-order valence-corrected chi connectivity index (χ0v) is 17.2. The first-order valence-electron chi connectivity index (χ1n) is 9.88. The fourth-order valence-corrected chi connectivity index (χ4v) is 3.42. The maximum atomic E-state index is 12.7. The first kappa shape index (κ1) is 24.8. The second-order valence-electron chi connectivity index (χ2n) is 7.23. The molecule has 2 rings (SSSR count). The number of carboxylic acid groups (broad SMARTS) is 1. The third-order valence-electron chi connectivity index (χ3n) is 4.98. The molecule has 2 unspecified atom stereocenters. The second kappa shape index (κ2) is 10.7. The van der Waals surface area contributed by atoms with Crippen LogP contribution in [0.5, 0.6) is 5.75 Å². The predicted octanol–water partition coefficient (Wildman–Crippen LogP) is 2.36. The van der Waals surface area contributed by atoms with E-state index in [9.17, 15) is 27.6 Å². The molecule has 174 valence electrons. The molecule has 1 aromatic rings. The van der Waals surface area contributed by atoms with Gasteiger partial charge in [-0.25, -0.2) is 4.79 Å². The molecule has 0 aliphatic carbocycles. The van der Waals surface area contributed by atoms with Gasteiger partial charge in [-0.2, -0.15) is 5.26 Å². The second-order valence-corrected chi connectivity index (χ2v) is 7.23. The summed E-state index contributed by atoms with van der Waals surface area (Å²) in [6.45, 7) is 1.84. The number of ether oxygens (including phenoxy) is 1. The van der Waals surface area contributed by atoms with Crippen LogP contribution in [0.3, 0.4) is 0 Å². The van der Waals surface area contributed by atoms with Crippen molar-refractivity contribution in [2.24, 2.45) is 5.92 Å². The van der Waals surface area contributed by atoms with Gasteiger partial charge in [-0.3, -0.25) is 9.59 Å². The van der Waals surface area contributed by atoms with Gasteiger partial charge in [0.25, 0.3) is 0 Å². The molecular formula is C20H23F3N4O5. The van der Waals surface area contributed by atoms with Crippen LogP contribution in [-0.2, 0) is 16.1 Å². The highest BCUT2D eigenvalue weighted by Crippen LogP contribution is 2.28. The van der Waals surface area contributed by atoms with Gasteiger partial charge >= 0.3 is 12.5 Å².